The molecule has 1 rings (SSSR count). The Morgan fingerprint density at radius 1 is 1.31 bits per heavy atom. The molecule has 0 aliphatic carbocycles. The number of hydrogen-bond acceptors (Lipinski definition) is 1. The first-order chi connectivity index (χ1) is 6.36. The molecule has 1 atom stereocenters. The van der Waals surface area contributed by atoms with E-state index in [2.05, 4.69) is 20.0 Å². The lowest BCUT2D eigenvalue weighted by atomic mass is 10.0. The Hall–Kier alpha value is -0.465. The summed E-state index contributed by atoms with van der Waals surface area (Å²) in [6.45, 7) is 0.659. The van der Waals surface area contributed by atoms with E-state index < -0.39 is 0 Å². The lowest BCUT2D eigenvalue weighted by Gasteiger charge is -2.12. The van der Waals surface area contributed by atoms with Crippen molar-refractivity contribution < 1.29 is 4.74 Å². The molecule has 0 aromatic heterocycles. The van der Waals surface area contributed by atoms with Crippen LogP contribution in [0.5, 0.6) is 0 Å². The van der Waals surface area contributed by atoms with Crippen LogP contribution in [0.3, 0.4) is 0 Å². The molecule has 0 saturated heterocycles. The van der Waals surface area contributed by atoms with Gasteiger partial charge in [0.1, 0.15) is 7.85 Å². The van der Waals surface area contributed by atoms with Crippen molar-refractivity contribution in [2.75, 3.05) is 5.88 Å². The first kappa shape index (κ1) is 10.6. The minimum Gasteiger partial charge on any atom is -0.373 e. The van der Waals surface area contributed by atoms with Gasteiger partial charge in [-0.05, 0) is 5.56 Å². The zero-order valence-corrected chi connectivity index (χ0v) is 8.63. The highest BCUT2D eigenvalue weighted by atomic mass is 35.5. The van der Waals surface area contributed by atoms with Crippen LogP contribution in [0.15, 0.2) is 30.3 Å². The predicted octanol–water partition coefficient (Wildman–Crippen LogP) is 1.86. The van der Waals surface area contributed by atoms with Crippen LogP contribution in [0, 0.1) is 0 Å². The third kappa shape index (κ3) is 3.84. The van der Waals surface area contributed by atoms with Crippen LogP contribution in [0.25, 0.3) is 0 Å². The van der Waals surface area contributed by atoms with Crippen LogP contribution >= 0.6 is 11.6 Å². The summed E-state index contributed by atoms with van der Waals surface area (Å²) in [6.07, 6.45) is 1.15. The number of ether oxygens (including phenoxy) is 1. The molecule has 0 radical (unpaired) electrons. The molecular weight excluding hydrogens is 182 g/mol. The first-order valence-electron chi connectivity index (χ1n) is 4.58. The van der Waals surface area contributed by atoms with Crippen molar-refractivity contribution in [2.24, 2.45) is 0 Å². The Balaban J connectivity index is 2.34. The molecule has 70 valence electrons. The molecule has 0 amide bonds. The van der Waals surface area contributed by atoms with Crippen molar-refractivity contribution in [3.63, 3.8) is 0 Å². The average Bonchev–Trinajstić information content (AvgIpc) is 2.21. The van der Waals surface area contributed by atoms with Gasteiger partial charge in [0.15, 0.2) is 0 Å². The molecule has 0 aliphatic heterocycles. The molecule has 0 heterocycles. The van der Waals surface area contributed by atoms with E-state index in [9.17, 15) is 0 Å². The maximum atomic E-state index is 5.71. The molecule has 0 aliphatic rings. The van der Waals surface area contributed by atoms with Crippen LogP contribution in [0.1, 0.15) is 5.56 Å². The Morgan fingerprint density at radius 2 is 2.00 bits per heavy atom. The van der Waals surface area contributed by atoms with E-state index in [0.29, 0.717) is 12.5 Å². The fourth-order valence-electron chi connectivity index (χ4n) is 1.06. The average molecular weight is 196 g/mol. The second-order valence-corrected chi connectivity index (χ2v) is 3.29. The monoisotopic (exact) mass is 196 g/mol. The molecule has 1 aromatic carbocycles. The number of hydrogen-bond donors (Lipinski definition) is 0. The molecule has 1 nitrogen and oxygen atoms in total. The molecule has 1 aromatic rings. The third-order valence-corrected chi connectivity index (χ3v) is 2.30. The standard InChI is InChI=1S/C10H14BClO/c11-6-10(7-12)13-8-9-4-2-1-3-5-9/h1-5,10H,6-8,11H2. The fourth-order valence-corrected chi connectivity index (χ4v) is 1.37. The van der Waals surface area contributed by atoms with Gasteiger partial charge >= 0.3 is 0 Å². The summed E-state index contributed by atoms with van der Waals surface area (Å²) in [4.78, 5) is 0. The van der Waals surface area contributed by atoms with Gasteiger partial charge in [0.05, 0.1) is 12.7 Å². The minimum atomic E-state index is 0.182. The van der Waals surface area contributed by atoms with Crippen LogP contribution in [-0.2, 0) is 11.3 Å². The quantitative estimate of drug-likeness (QED) is 0.516. The Kier molecular flexibility index (Phi) is 4.95. The molecule has 1 unspecified atom stereocenters. The molecule has 0 spiro atoms. The van der Waals surface area contributed by atoms with Crippen molar-refractivity contribution in [3.8, 4) is 0 Å². The second kappa shape index (κ2) is 6.06. The summed E-state index contributed by atoms with van der Waals surface area (Å²) in [6, 6.07) is 10.1. The highest BCUT2D eigenvalue weighted by Crippen LogP contribution is 2.06. The fraction of sp³-hybridized carbons (Fsp3) is 0.400. The summed E-state index contributed by atoms with van der Waals surface area (Å²) in [7, 11) is 2.08. The van der Waals surface area contributed by atoms with Crippen LogP contribution in [0.4, 0.5) is 0 Å². The van der Waals surface area contributed by atoms with Gasteiger partial charge in [-0.3, -0.25) is 0 Å². The molecule has 13 heavy (non-hydrogen) atoms. The van der Waals surface area contributed by atoms with E-state index in [0.717, 1.165) is 6.32 Å². The normalized spacial score (nSPS) is 12.7. The van der Waals surface area contributed by atoms with Crippen molar-refractivity contribution in [1.29, 1.82) is 0 Å². The summed E-state index contributed by atoms with van der Waals surface area (Å²) in [5.74, 6) is 0.573. The summed E-state index contributed by atoms with van der Waals surface area (Å²) >= 11 is 5.71. The highest BCUT2D eigenvalue weighted by molar-refractivity contribution is 6.19. The Morgan fingerprint density at radius 3 is 2.54 bits per heavy atom. The SMILES string of the molecule is BCC(CCl)OCc1ccccc1. The summed E-state index contributed by atoms with van der Waals surface area (Å²) < 4.78 is 5.59. The Labute approximate surface area is 85.5 Å². The van der Waals surface area contributed by atoms with Crippen molar-refractivity contribution >= 4 is 19.4 Å². The van der Waals surface area contributed by atoms with E-state index in [-0.39, 0.29) is 6.10 Å². The molecule has 0 bridgehead atoms. The number of benzene rings is 1. The second-order valence-electron chi connectivity index (χ2n) is 2.98. The highest BCUT2D eigenvalue weighted by Gasteiger charge is 2.03. The first-order valence-corrected chi connectivity index (χ1v) is 5.11. The van der Waals surface area contributed by atoms with Gasteiger partial charge < -0.3 is 4.74 Å². The topological polar surface area (TPSA) is 9.23 Å². The van der Waals surface area contributed by atoms with E-state index in [1.807, 2.05) is 18.2 Å². The van der Waals surface area contributed by atoms with E-state index in [1.165, 1.54) is 5.56 Å². The zero-order valence-electron chi connectivity index (χ0n) is 7.87. The van der Waals surface area contributed by atoms with Gasteiger partial charge in [0.2, 0.25) is 0 Å². The van der Waals surface area contributed by atoms with Gasteiger partial charge in [-0.25, -0.2) is 0 Å². The van der Waals surface area contributed by atoms with Crippen LogP contribution in [-0.4, -0.2) is 19.8 Å². The molecule has 0 fully saturated rings. The maximum Gasteiger partial charge on any atom is 0.104 e. The van der Waals surface area contributed by atoms with Gasteiger partial charge in [0, 0.05) is 5.88 Å². The van der Waals surface area contributed by atoms with Gasteiger partial charge in [-0.15, -0.1) is 11.6 Å². The van der Waals surface area contributed by atoms with Gasteiger partial charge in [-0.1, -0.05) is 36.7 Å². The lowest BCUT2D eigenvalue weighted by molar-refractivity contribution is 0.0683. The number of rotatable bonds is 5. The predicted molar refractivity (Wildman–Crippen MR) is 59.1 cm³/mol. The summed E-state index contributed by atoms with van der Waals surface area (Å²) in [5, 5.41) is 0. The van der Waals surface area contributed by atoms with E-state index in [1.54, 1.807) is 0 Å². The molecular formula is C10H14BClO. The summed E-state index contributed by atoms with van der Waals surface area (Å²) in [5.41, 5.74) is 1.20. The molecule has 0 N–H and O–H groups in total. The molecule has 0 saturated carbocycles. The van der Waals surface area contributed by atoms with E-state index in [4.69, 9.17) is 16.3 Å². The smallest absolute Gasteiger partial charge is 0.104 e. The number of halogens is 1. The van der Waals surface area contributed by atoms with Gasteiger partial charge in [-0.2, -0.15) is 0 Å². The van der Waals surface area contributed by atoms with Crippen LogP contribution < -0.4 is 0 Å². The molecule has 3 heteroatoms. The number of alkyl halides is 1. The van der Waals surface area contributed by atoms with E-state index >= 15 is 0 Å². The lowest BCUT2D eigenvalue weighted by Crippen LogP contribution is -2.13. The van der Waals surface area contributed by atoms with Gasteiger partial charge in [0.25, 0.3) is 0 Å². The third-order valence-electron chi connectivity index (χ3n) is 1.96. The zero-order chi connectivity index (χ0) is 9.52. The van der Waals surface area contributed by atoms with Crippen molar-refractivity contribution in [2.45, 2.75) is 19.0 Å². The maximum absolute atomic E-state index is 5.71. The van der Waals surface area contributed by atoms with Crippen molar-refractivity contribution in [3.05, 3.63) is 35.9 Å². The Bertz CT molecular complexity index is 224. The minimum absolute atomic E-state index is 0.182. The van der Waals surface area contributed by atoms with Crippen molar-refractivity contribution in [1.82, 2.24) is 0 Å². The van der Waals surface area contributed by atoms with Crippen LogP contribution in [0.2, 0.25) is 6.32 Å². The largest absolute Gasteiger partial charge is 0.373 e.